The average Bonchev–Trinajstić information content (AvgIpc) is 2.19. The highest BCUT2D eigenvalue weighted by atomic mass is 79.9. The van der Waals surface area contributed by atoms with Crippen molar-refractivity contribution in [3.63, 3.8) is 0 Å². The molecule has 0 aliphatic heterocycles. The SMILES string of the molecule is Brc1ccnc(NC2CCCCC2)c1. The average molecular weight is 255 g/mol. The summed E-state index contributed by atoms with van der Waals surface area (Å²) in [6.07, 6.45) is 8.50. The van der Waals surface area contributed by atoms with Crippen LogP contribution in [-0.2, 0) is 0 Å². The molecular weight excluding hydrogens is 240 g/mol. The zero-order valence-electron chi connectivity index (χ0n) is 8.17. The first kappa shape index (κ1) is 9.97. The van der Waals surface area contributed by atoms with Crippen LogP contribution in [0.5, 0.6) is 0 Å². The van der Waals surface area contributed by atoms with Gasteiger partial charge >= 0.3 is 0 Å². The fourth-order valence-corrected chi connectivity index (χ4v) is 2.27. The number of anilines is 1. The molecule has 0 unspecified atom stereocenters. The molecule has 0 bridgehead atoms. The Bertz CT molecular complexity index is 295. The first-order valence-corrected chi connectivity index (χ1v) is 6.02. The summed E-state index contributed by atoms with van der Waals surface area (Å²) in [5.74, 6) is 0.992. The minimum absolute atomic E-state index is 0.630. The van der Waals surface area contributed by atoms with Crippen molar-refractivity contribution in [1.29, 1.82) is 0 Å². The van der Waals surface area contributed by atoms with Crippen LogP contribution >= 0.6 is 15.9 Å². The van der Waals surface area contributed by atoms with E-state index in [9.17, 15) is 0 Å². The Hall–Kier alpha value is -0.570. The molecule has 0 amide bonds. The highest BCUT2D eigenvalue weighted by Crippen LogP contribution is 2.21. The molecular formula is C11H15BrN2. The normalized spacial score (nSPS) is 18.1. The van der Waals surface area contributed by atoms with Crippen molar-refractivity contribution in [2.45, 2.75) is 38.1 Å². The fraction of sp³-hybridized carbons (Fsp3) is 0.545. The van der Waals surface area contributed by atoms with Crippen LogP contribution in [0, 0.1) is 0 Å². The summed E-state index contributed by atoms with van der Waals surface area (Å²) in [6.45, 7) is 0. The maximum Gasteiger partial charge on any atom is 0.127 e. The van der Waals surface area contributed by atoms with Crippen LogP contribution in [0.25, 0.3) is 0 Å². The number of halogens is 1. The van der Waals surface area contributed by atoms with Gasteiger partial charge in [-0.25, -0.2) is 4.98 Å². The molecule has 1 aliphatic rings. The highest BCUT2D eigenvalue weighted by molar-refractivity contribution is 9.10. The lowest BCUT2D eigenvalue weighted by atomic mass is 9.95. The maximum atomic E-state index is 4.29. The Balaban J connectivity index is 1.95. The van der Waals surface area contributed by atoms with E-state index in [1.807, 2.05) is 18.3 Å². The predicted octanol–water partition coefficient (Wildman–Crippen LogP) is 3.59. The third kappa shape index (κ3) is 2.71. The minimum atomic E-state index is 0.630. The van der Waals surface area contributed by atoms with Crippen LogP contribution in [0.1, 0.15) is 32.1 Å². The van der Waals surface area contributed by atoms with Crippen molar-refractivity contribution in [3.05, 3.63) is 22.8 Å². The molecule has 1 heterocycles. The predicted molar refractivity (Wildman–Crippen MR) is 62.4 cm³/mol. The zero-order valence-corrected chi connectivity index (χ0v) is 9.76. The minimum Gasteiger partial charge on any atom is -0.367 e. The quantitative estimate of drug-likeness (QED) is 0.873. The van der Waals surface area contributed by atoms with Crippen LogP contribution < -0.4 is 5.32 Å². The van der Waals surface area contributed by atoms with Crippen LogP contribution in [0.2, 0.25) is 0 Å². The van der Waals surface area contributed by atoms with E-state index >= 15 is 0 Å². The van der Waals surface area contributed by atoms with Gasteiger partial charge in [0.2, 0.25) is 0 Å². The smallest absolute Gasteiger partial charge is 0.127 e. The monoisotopic (exact) mass is 254 g/mol. The molecule has 76 valence electrons. The topological polar surface area (TPSA) is 24.9 Å². The number of pyridine rings is 1. The van der Waals surface area contributed by atoms with Crippen molar-refractivity contribution in [3.8, 4) is 0 Å². The molecule has 0 spiro atoms. The second-order valence-electron chi connectivity index (χ2n) is 3.84. The van der Waals surface area contributed by atoms with E-state index in [0.29, 0.717) is 6.04 Å². The van der Waals surface area contributed by atoms with E-state index in [2.05, 4.69) is 26.2 Å². The third-order valence-electron chi connectivity index (χ3n) is 2.68. The van der Waals surface area contributed by atoms with Gasteiger partial charge in [0.1, 0.15) is 5.82 Å². The van der Waals surface area contributed by atoms with Gasteiger partial charge in [-0.1, -0.05) is 35.2 Å². The molecule has 1 aromatic rings. The Morgan fingerprint density at radius 1 is 1.29 bits per heavy atom. The second-order valence-corrected chi connectivity index (χ2v) is 4.75. The summed E-state index contributed by atoms with van der Waals surface area (Å²) in [6, 6.07) is 4.62. The number of hydrogen-bond acceptors (Lipinski definition) is 2. The van der Waals surface area contributed by atoms with E-state index in [1.165, 1.54) is 32.1 Å². The van der Waals surface area contributed by atoms with Gasteiger partial charge in [-0.05, 0) is 25.0 Å². The summed E-state index contributed by atoms with van der Waals surface area (Å²) in [4.78, 5) is 4.29. The lowest BCUT2D eigenvalue weighted by Gasteiger charge is -2.23. The van der Waals surface area contributed by atoms with E-state index in [-0.39, 0.29) is 0 Å². The molecule has 0 atom stereocenters. The summed E-state index contributed by atoms with van der Waals surface area (Å²) in [7, 11) is 0. The van der Waals surface area contributed by atoms with Crippen molar-refractivity contribution in [1.82, 2.24) is 4.98 Å². The van der Waals surface area contributed by atoms with Gasteiger partial charge in [-0.2, -0.15) is 0 Å². The lowest BCUT2D eigenvalue weighted by Crippen LogP contribution is -2.22. The van der Waals surface area contributed by atoms with Gasteiger partial charge in [0.15, 0.2) is 0 Å². The van der Waals surface area contributed by atoms with Gasteiger partial charge in [0.05, 0.1) is 0 Å². The Kier molecular flexibility index (Phi) is 3.40. The summed E-state index contributed by atoms with van der Waals surface area (Å²) >= 11 is 3.45. The second kappa shape index (κ2) is 4.78. The fourth-order valence-electron chi connectivity index (χ4n) is 1.94. The molecule has 0 saturated heterocycles. The number of nitrogens with one attached hydrogen (secondary N) is 1. The Labute approximate surface area is 93.3 Å². The van der Waals surface area contributed by atoms with E-state index in [4.69, 9.17) is 0 Å². The van der Waals surface area contributed by atoms with Crippen LogP contribution in [-0.4, -0.2) is 11.0 Å². The number of aromatic nitrogens is 1. The molecule has 3 heteroatoms. The molecule has 1 saturated carbocycles. The number of hydrogen-bond donors (Lipinski definition) is 1. The van der Waals surface area contributed by atoms with Crippen LogP contribution in [0.15, 0.2) is 22.8 Å². The molecule has 0 aromatic carbocycles. The molecule has 1 aromatic heterocycles. The molecule has 1 aliphatic carbocycles. The zero-order chi connectivity index (χ0) is 9.80. The molecule has 14 heavy (non-hydrogen) atoms. The maximum absolute atomic E-state index is 4.29. The standard InChI is InChI=1S/C11H15BrN2/c12-9-6-7-13-11(8-9)14-10-4-2-1-3-5-10/h6-8,10H,1-5H2,(H,13,14). The Morgan fingerprint density at radius 3 is 2.79 bits per heavy atom. The number of rotatable bonds is 2. The van der Waals surface area contributed by atoms with Crippen LogP contribution in [0.4, 0.5) is 5.82 Å². The van der Waals surface area contributed by atoms with Gasteiger partial charge in [0.25, 0.3) is 0 Å². The lowest BCUT2D eigenvalue weighted by molar-refractivity contribution is 0.462. The largest absolute Gasteiger partial charge is 0.367 e. The first-order chi connectivity index (χ1) is 6.84. The van der Waals surface area contributed by atoms with Crippen molar-refractivity contribution < 1.29 is 0 Å². The highest BCUT2D eigenvalue weighted by Gasteiger charge is 2.12. The van der Waals surface area contributed by atoms with Crippen molar-refractivity contribution >= 4 is 21.7 Å². The van der Waals surface area contributed by atoms with Gasteiger partial charge in [-0.3, -0.25) is 0 Å². The first-order valence-electron chi connectivity index (χ1n) is 5.23. The molecule has 2 nitrogen and oxygen atoms in total. The summed E-state index contributed by atoms with van der Waals surface area (Å²) in [5, 5.41) is 3.48. The third-order valence-corrected chi connectivity index (χ3v) is 3.17. The van der Waals surface area contributed by atoms with Crippen LogP contribution in [0.3, 0.4) is 0 Å². The van der Waals surface area contributed by atoms with Gasteiger partial charge < -0.3 is 5.32 Å². The molecule has 1 N–H and O–H groups in total. The van der Waals surface area contributed by atoms with E-state index in [1.54, 1.807) is 0 Å². The molecule has 2 rings (SSSR count). The number of nitrogens with zero attached hydrogens (tertiary/aromatic N) is 1. The van der Waals surface area contributed by atoms with Gasteiger partial charge in [0, 0.05) is 16.7 Å². The molecule has 1 fully saturated rings. The van der Waals surface area contributed by atoms with E-state index < -0.39 is 0 Å². The Morgan fingerprint density at radius 2 is 2.07 bits per heavy atom. The van der Waals surface area contributed by atoms with Crippen molar-refractivity contribution in [2.75, 3.05) is 5.32 Å². The summed E-state index contributed by atoms with van der Waals surface area (Å²) in [5.41, 5.74) is 0. The van der Waals surface area contributed by atoms with E-state index in [0.717, 1.165) is 10.3 Å². The summed E-state index contributed by atoms with van der Waals surface area (Å²) < 4.78 is 1.09. The molecule has 0 radical (unpaired) electrons. The van der Waals surface area contributed by atoms with Crippen molar-refractivity contribution in [2.24, 2.45) is 0 Å². The van der Waals surface area contributed by atoms with Gasteiger partial charge in [-0.15, -0.1) is 0 Å².